The number of piperidine rings is 1. The second-order valence-corrected chi connectivity index (χ2v) is 6.76. The monoisotopic (exact) mass is 372 g/mol. The van der Waals surface area contributed by atoms with Gasteiger partial charge in [0.2, 0.25) is 5.91 Å². The molecule has 2 fully saturated rings. The van der Waals surface area contributed by atoms with E-state index in [1.165, 1.54) is 11.0 Å². The first-order valence-corrected chi connectivity index (χ1v) is 8.82. The maximum Gasteiger partial charge on any atom is 0.419 e. The first kappa shape index (κ1) is 18.6. The molecule has 3 heterocycles. The second kappa shape index (κ2) is 7.22. The number of H-pyrrole nitrogens is 1. The number of likely N-dealkylation sites (N-methyl/N-ethyl adjacent to an activating group) is 1. The molecule has 6 nitrogen and oxygen atoms in total. The number of halogens is 3. The van der Waals surface area contributed by atoms with Crippen LogP contribution < -0.4 is 15.2 Å². The van der Waals surface area contributed by atoms with Gasteiger partial charge in [-0.1, -0.05) is 0 Å². The zero-order chi connectivity index (χ0) is 18.9. The number of nitrogens with one attached hydrogen (secondary N) is 1. The van der Waals surface area contributed by atoms with Crippen LogP contribution in [0.15, 0.2) is 18.3 Å². The molecular weight excluding hydrogens is 349 g/mol. The topological polar surface area (TPSA) is 71.4 Å². The number of hydrogen-bond donors (Lipinski definition) is 1. The van der Waals surface area contributed by atoms with Crippen molar-refractivity contribution in [1.29, 1.82) is 0 Å². The van der Waals surface area contributed by atoms with Crippen LogP contribution in [0.2, 0.25) is 0 Å². The van der Waals surface area contributed by atoms with Crippen molar-refractivity contribution in [2.75, 3.05) is 24.5 Å². The Balaban J connectivity index is 1.53. The fourth-order valence-corrected chi connectivity index (χ4v) is 3.64. The van der Waals surface area contributed by atoms with Crippen molar-refractivity contribution in [2.24, 2.45) is 0 Å². The molecular formula is C17H23F3N4O2+2. The summed E-state index contributed by atoms with van der Waals surface area (Å²) in [6, 6.07) is 2.42. The summed E-state index contributed by atoms with van der Waals surface area (Å²) in [7, 11) is 0. The zero-order valence-electron chi connectivity index (χ0n) is 14.6. The first-order chi connectivity index (χ1) is 12.3. The van der Waals surface area contributed by atoms with Crippen LogP contribution in [0.25, 0.3) is 0 Å². The molecule has 2 aliphatic rings. The molecule has 0 aliphatic carbocycles. The highest BCUT2D eigenvalue weighted by Crippen LogP contribution is 2.28. The van der Waals surface area contributed by atoms with Crippen LogP contribution in [0.5, 0.6) is 0 Å². The third-order valence-electron chi connectivity index (χ3n) is 5.10. The number of hydrogen-bond acceptors (Lipinski definition) is 3. The molecule has 1 atom stereocenters. The van der Waals surface area contributed by atoms with Crippen LogP contribution in [0.3, 0.4) is 0 Å². The number of likely N-dealkylation sites (tertiary alicyclic amines) is 1. The van der Waals surface area contributed by atoms with Crippen LogP contribution in [0, 0.1) is 0 Å². The number of anilines is 1. The SMILES string of the molecule is CCN1C(=O)C[C@H]([NH2+]C2CCN(c3ccc(C(F)(F)F)c[nH+]3)CC2)C1=O. The van der Waals surface area contributed by atoms with E-state index in [1.54, 1.807) is 6.92 Å². The normalized spacial score (nSPS) is 22.4. The number of carbonyl (C=O) groups is 2. The van der Waals surface area contributed by atoms with Gasteiger partial charge in [0.15, 0.2) is 6.04 Å². The summed E-state index contributed by atoms with van der Waals surface area (Å²) in [5, 5.41) is 1.99. The number of imide groups is 1. The van der Waals surface area contributed by atoms with Gasteiger partial charge in [-0.05, 0) is 13.0 Å². The molecule has 0 spiro atoms. The van der Waals surface area contributed by atoms with Gasteiger partial charge < -0.3 is 5.32 Å². The molecule has 0 radical (unpaired) electrons. The van der Waals surface area contributed by atoms with E-state index in [-0.39, 0.29) is 30.3 Å². The Morgan fingerprint density at radius 3 is 2.42 bits per heavy atom. The number of nitrogens with two attached hydrogens (primary N) is 1. The van der Waals surface area contributed by atoms with Gasteiger partial charge in [0.1, 0.15) is 6.20 Å². The molecule has 9 heteroatoms. The van der Waals surface area contributed by atoms with Crippen molar-refractivity contribution < 1.29 is 33.1 Å². The van der Waals surface area contributed by atoms with Crippen molar-refractivity contribution in [3.63, 3.8) is 0 Å². The smallest absolute Gasteiger partial charge is 0.333 e. The molecule has 26 heavy (non-hydrogen) atoms. The van der Waals surface area contributed by atoms with Gasteiger partial charge >= 0.3 is 6.18 Å². The van der Waals surface area contributed by atoms with E-state index in [0.717, 1.165) is 25.1 Å². The molecule has 1 aromatic rings. The van der Waals surface area contributed by atoms with Gasteiger partial charge in [-0.25, -0.2) is 4.98 Å². The number of aromatic amines is 1. The van der Waals surface area contributed by atoms with E-state index in [0.29, 0.717) is 25.5 Å². The van der Waals surface area contributed by atoms with Gasteiger partial charge in [0.25, 0.3) is 11.7 Å². The largest absolute Gasteiger partial charge is 0.419 e. The highest BCUT2D eigenvalue weighted by Gasteiger charge is 2.42. The molecule has 2 aliphatic heterocycles. The van der Waals surface area contributed by atoms with Gasteiger partial charge in [0.05, 0.1) is 31.1 Å². The molecule has 0 bridgehead atoms. The molecule has 142 valence electrons. The van der Waals surface area contributed by atoms with Crippen molar-refractivity contribution in [2.45, 2.75) is 44.4 Å². The van der Waals surface area contributed by atoms with Crippen molar-refractivity contribution >= 4 is 17.6 Å². The Kier molecular flexibility index (Phi) is 5.17. The summed E-state index contributed by atoms with van der Waals surface area (Å²) < 4.78 is 37.9. The maximum atomic E-state index is 12.6. The average molecular weight is 372 g/mol. The van der Waals surface area contributed by atoms with Crippen LogP contribution in [0.4, 0.5) is 19.0 Å². The number of carbonyl (C=O) groups excluding carboxylic acids is 2. The third-order valence-corrected chi connectivity index (χ3v) is 5.10. The lowest BCUT2D eigenvalue weighted by Gasteiger charge is -2.27. The van der Waals surface area contributed by atoms with Crippen LogP contribution in [-0.4, -0.2) is 48.4 Å². The summed E-state index contributed by atoms with van der Waals surface area (Å²) in [5.74, 6) is 0.423. The molecule has 0 unspecified atom stereocenters. The third kappa shape index (κ3) is 3.82. The Hall–Kier alpha value is -2.16. The number of pyridine rings is 1. The highest BCUT2D eigenvalue weighted by atomic mass is 19.4. The summed E-state index contributed by atoms with van der Waals surface area (Å²) in [6.07, 6.45) is -1.51. The predicted molar refractivity (Wildman–Crippen MR) is 86.0 cm³/mol. The van der Waals surface area contributed by atoms with Crippen molar-refractivity contribution in [3.05, 3.63) is 23.9 Å². The minimum atomic E-state index is -4.35. The van der Waals surface area contributed by atoms with Crippen molar-refractivity contribution in [3.8, 4) is 0 Å². The standard InChI is InChI=1S/C17H21F3N4O2/c1-2-24-15(25)9-13(16(24)26)22-12-5-7-23(8-6-12)14-4-3-11(10-21-14)17(18,19)20/h3-4,10,12-13,22H,2,5-9H2,1H3/p+2/t13-/m0/s1. The molecule has 3 rings (SSSR count). The molecule has 3 N–H and O–H groups in total. The van der Waals surface area contributed by atoms with Crippen LogP contribution >= 0.6 is 0 Å². The fourth-order valence-electron chi connectivity index (χ4n) is 3.64. The number of rotatable bonds is 4. The van der Waals surface area contributed by atoms with E-state index in [9.17, 15) is 22.8 Å². The lowest BCUT2D eigenvalue weighted by Crippen LogP contribution is -2.97. The van der Waals surface area contributed by atoms with Crippen LogP contribution in [-0.2, 0) is 15.8 Å². The minimum absolute atomic E-state index is 0.115. The maximum absolute atomic E-state index is 12.6. The van der Waals surface area contributed by atoms with E-state index < -0.39 is 11.7 Å². The minimum Gasteiger partial charge on any atom is -0.333 e. The number of amides is 2. The summed E-state index contributed by atoms with van der Waals surface area (Å²) in [5.41, 5.74) is -0.700. The van der Waals surface area contributed by atoms with Gasteiger partial charge in [-0.2, -0.15) is 13.2 Å². The Bertz CT molecular complexity index is 670. The lowest BCUT2D eigenvalue weighted by molar-refractivity contribution is -0.709. The second-order valence-electron chi connectivity index (χ2n) is 6.76. The number of nitrogens with zero attached hydrogens (tertiary/aromatic N) is 2. The molecule has 1 aromatic heterocycles. The lowest BCUT2D eigenvalue weighted by atomic mass is 10.0. The highest BCUT2D eigenvalue weighted by molar-refractivity contribution is 6.04. The summed E-state index contributed by atoms with van der Waals surface area (Å²) in [4.78, 5) is 30.0. The average Bonchev–Trinajstić information content (AvgIpc) is 2.88. The van der Waals surface area contributed by atoms with E-state index in [4.69, 9.17) is 0 Å². The summed E-state index contributed by atoms with van der Waals surface area (Å²) in [6.45, 7) is 3.58. The van der Waals surface area contributed by atoms with Crippen LogP contribution in [0.1, 0.15) is 31.7 Å². The molecule has 2 saturated heterocycles. The Labute approximate surface area is 149 Å². The van der Waals surface area contributed by atoms with Gasteiger partial charge in [-0.15, -0.1) is 0 Å². The molecule has 2 amide bonds. The summed E-state index contributed by atoms with van der Waals surface area (Å²) >= 11 is 0. The zero-order valence-corrected chi connectivity index (χ0v) is 14.6. The molecule has 0 aromatic carbocycles. The van der Waals surface area contributed by atoms with E-state index >= 15 is 0 Å². The first-order valence-electron chi connectivity index (χ1n) is 8.82. The number of aromatic nitrogens is 1. The Morgan fingerprint density at radius 1 is 1.23 bits per heavy atom. The van der Waals surface area contributed by atoms with E-state index in [2.05, 4.69) is 4.98 Å². The van der Waals surface area contributed by atoms with Crippen molar-refractivity contribution in [1.82, 2.24) is 4.90 Å². The van der Waals surface area contributed by atoms with E-state index in [1.807, 2.05) is 10.2 Å². The quantitative estimate of drug-likeness (QED) is 0.768. The molecule has 0 saturated carbocycles. The fraction of sp³-hybridized carbons (Fsp3) is 0.588. The van der Waals surface area contributed by atoms with Gasteiger partial charge in [0, 0.05) is 25.5 Å². The number of quaternary nitrogens is 1. The Morgan fingerprint density at radius 2 is 1.92 bits per heavy atom. The van der Waals surface area contributed by atoms with Gasteiger partial charge in [-0.3, -0.25) is 19.4 Å². The predicted octanol–water partition coefficient (Wildman–Crippen LogP) is 0.199. The number of alkyl halides is 3.